The molecule has 0 fully saturated rings. The first-order chi connectivity index (χ1) is 28.9. The number of hydrogen-bond acceptors (Lipinski definition) is 6. The molecule has 0 aliphatic heterocycles. The Morgan fingerprint density at radius 1 is 0.339 bits per heavy atom. The molecule has 0 rings (SSSR count). The van der Waals surface area contributed by atoms with Gasteiger partial charge in [0.05, 0.1) is 0 Å². The molecule has 0 aliphatic rings. The van der Waals surface area contributed by atoms with Crippen molar-refractivity contribution < 1.29 is 28.6 Å². The molecule has 2 atom stereocenters. The van der Waals surface area contributed by atoms with Crippen LogP contribution in [0.1, 0.15) is 297 Å². The quantitative estimate of drug-likeness (QED) is 0.0345. The maximum atomic E-state index is 12.7. The van der Waals surface area contributed by atoms with Gasteiger partial charge in [-0.15, -0.1) is 0 Å². The van der Waals surface area contributed by atoms with Gasteiger partial charge in [-0.3, -0.25) is 14.4 Å². The molecule has 0 radical (unpaired) electrons. The van der Waals surface area contributed by atoms with Crippen LogP contribution in [-0.4, -0.2) is 37.2 Å². The third-order valence-corrected chi connectivity index (χ3v) is 12.4. The van der Waals surface area contributed by atoms with Crippen LogP contribution in [-0.2, 0) is 28.6 Å². The Balaban J connectivity index is 4.09. The lowest BCUT2D eigenvalue weighted by Crippen LogP contribution is -2.30. The van der Waals surface area contributed by atoms with Crippen molar-refractivity contribution in [2.75, 3.05) is 13.2 Å². The Hall–Kier alpha value is -1.59. The van der Waals surface area contributed by atoms with E-state index in [1.54, 1.807) is 0 Å². The summed E-state index contributed by atoms with van der Waals surface area (Å²) >= 11 is 0. The van der Waals surface area contributed by atoms with Crippen LogP contribution < -0.4 is 0 Å². The lowest BCUT2D eigenvalue weighted by atomic mass is 9.99. The smallest absolute Gasteiger partial charge is 0.306 e. The summed E-state index contributed by atoms with van der Waals surface area (Å²) in [5.41, 5.74) is 0. The summed E-state index contributed by atoms with van der Waals surface area (Å²) in [4.78, 5) is 37.7. The van der Waals surface area contributed by atoms with Crippen LogP contribution in [0.25, 0.3) is 0 Å². The molecule has 6 nitrogen and oxygen atoms in total. The molecule has 0 aromatic carbocycles. The molecule has 0 N–H and O–H groups in total. The van der Waals surface area contributed by atoms with Crippen molar-refractivity contribution in [1.29, 1.82) is 0 Å². The molecule has 0 amide bonds. The highest BCUT2D eigenvalue weighted by atomic mass is 16.6. The predicted molar refractivity (Wildman–Crippen MR) is 252 cm³/mol. The van der Waals surface area contributed by atoms with E-state index in [0.29, 0.717) is 19.3 Å². The third-order valence-electron chi connectivity index (χ3n) is 12.4. The Bertz CT molecular complexity index is 889. The summed E-state index contributed by atoms with van der Waals surface area (Å²) in [5, 5.41) is 0. The minimum absolute atomic E-state index is 0.0637. The van der Waals surface area contributed by atoms with Gasteiger partial charge < -0.3 is 14.2 Å². The van der Waals surface area contributed by atoms with Gasteiger partial charge in [0.15, 0.2) is 6.10 Å². The van der Waals surface area contributed by atoms with E-state index >= 15 is 0 Å². The minimum Gasteiger partial charge on any atom is -0.462 e. The topological polar surface area (TPSA) is 78.9 Å². The van der Waals surface area contributed by atoms with E-state index in [2.05, 4.69) is 27.7 Å². The highest BCUT2D eigenvalue weighted by molar-refractivity contribution is 5.71. The van der Waals surface area contributed by atoms with Gasteiger partial charge >= 0.3 is 17.9 Å². The van der Waals surface area contributed by atoms with Crippen LogP contribution in [0.5, 0.6) is 0 Å². The molecule has 6 heteroatoms. The second-order valence-corrected chi connectivity index (χ2v) is 18.4. The Morgan fingerprint density at radius 2 is 0.593 bits per heavy atom. The largest absolute Gasteiger partial charge is 0.462 e. The SMILES string of the molecule is CCCCCCCCCCCCCCCCCCCCC(=O)OC[C@H](COC(=O)CCCCCCC)OC(=O)CCCCCCCCCCCCCCCCC(C)CC. The number of carbonyl (C=O) groups excluding carboxylic acids is 3. The highest BCUT2D eigenvalue weighted by Gasteiger charge is 2.19. The molecule has 0 bridgehead atoms. The molecule has 59 heavy (non-hydrogen) atoms. The van der Waals surface area contributed by atoms with Crippen molar-refractivity contribution in [1.82, 2.24) is 0 Å². The van der Waals surface area contributed by atoms with Crippen LogP contribution in [0.4, 0.5) is 0 Å². The number of rotatable bonds is 48. The van der Waals surface area contributed by atoms with Crippen molar-refractivity contribution >= 4 is 17.9 Å². The standard InChI is InChI=1S/C53H102O6/c1-5-8-10-12-13-14-15-16-17-18-19-20-24-27-30-33-37-41-45-52(55)58-48-50(47-57-51(54)44-40-35-11-9-6-2)59-53(56)46-42-38-34-31-28-25-22-21-23-26-29-32-36-39-43-49(4)7-3/h49-50H,5-48H2,1-4H3/t49?,50-/m0/s1. The van der Waals surface area contributed by atoms with E-state index in [0.717, 1.165) is 70.1 Å². The Kier molecular flexibility index (Phi) is 46.2. The number of ether oxygens (including phenoxy) is 3. The van der Waals surface area contributed by atoms with Crippen LogP contribution >= 0.6 is 0 Å². The fraction of sp³-hybridized carbons (Fsp3) is 0.943. The van der Waals surface area contributed by atoms with Gasteiger partial charge in [-0.2, -0.15) is 0 Å². The van der Waals surface area contributed by atoms with Gasteiger partial charge in [-0.25, -0.2) is 0 Å². The molecule has 0 spiro atoms. The Morgan fingerprint density at radius 3 is 0.881 bits per heavy atom. The number of esters is 3. The van der Waals surface area contributed by atoms with Crippen molar-refractivity contribution in [2.45, 2.75) is 303 Å². The van der Waals surface area contributed by atoms with Gasteiger partial charge in [-0.05, 0) is 25.2 Å². The first-order valence-electron chi connectivity index (χ1n) is 26.4. The van der Waals surface area contributed by atoms with E-state index in [9.17, 15) is 14.4 Å². The van der Waals surface area contributed by atoms with Crippen molar-refractivity contribution in [3.63, 3.8) is 0 Å². The normalized spacial score (nSPS) is 12.4. The van der Waals surface area contributed by atoms with Crippen LogP contribution in [0.2, 0.25) is 0 Å². The molecule has 0 aromatic heterocycles. The molecular weight excluding hydrogens is 733 g/mol. The van der Waals surface area contributed by atoms with Crippen LogP contribution in [0.3, 0.4) is 0 Å². The summed E-state index contributed by atoms with van der Waals surface area (Å²) in [6, 6.07) is 0. The zero-order valence-corrected chi connectivity index (χ0v) is 40.2. The molecule has 0 saturated carbocycles. The summed E-state index contributed by atoms with van der Waals surface area (Å²) in [6.07, 6.45) is 49.8. The third kappa shape index (κ3) is 45.8. The van der Waals surface area contributed by atoms with Crippen molar-refractivity contribution in [3.8, 4) is 0 Å². The molecule has 0 heterocycles. The summed E-state index contributed by atoms with van der Waals surface area (Å²) in [5.74, 6) is 0.0364. The molecule has 1 unspecified atom stereocenters. The number of carbonyl (C=O) groups is 3. The monoisotopic (exact) mass is 835 g/mol. The average Bonchev–Trinajstić information content (AvgIpc) is 3.23. The molecule has 0 aromatic rings. The van der Waals surface area contributed by atoms with Gasteiger partial charge in [0.2, 0.25) is 0 Å². The lowest BCUT2D eigenvalue weighted by Gasteiger charge is -2.18. The van der Waals surface area contributed by atoms with Gasteiger partial charge in [0, 0.05) is 19.3 Å². The zero-order chi connectivity index (χ0) is 43.1. The average molecular weight is 835 g/mol. The van der Waals surface area contributed by atoms with Gasteiger partial charge in [-0.1, -0.05) is 259 Å². The number of unbranched alkanes of at least 4 members (excludes halogenated alkanes) is 34. The van der Waals surface area contributed by atoms with E-state index in [4.69, 9.17) is 14.2 Å². The predicted octanol–water partition coefficient (Wildman–Crippen LogP) is 17.1. The second-order valence-electron chi connectivity index (χ2n) is 18.4. The van der Waals surface area contributed by atoms with Gasteiger partial charge in [0.1, 0.15) is 13.2 Å². The number of hydrogen-bond donors (Lipinski definition) is 0. The fourth-order valence-corrected chi connectivity index (χ4v) is 8.01. The fourth-order valence-electron chi connectivity index (χ4n) is 8.01. The Labute approximate surface area is 368 Å². The van der Waals surface area contributed by atoms with Crippen LogP contribution in [0.15, 0.2) is 0 Å². The summed E-state index contributed by atoms with van der Waals surface area (Å²) < 4.78 is 16.7. The second kappa shape index (κ2) is 47.5. The molecule has 350 valence electrons. The lowest BCUT2D eigenvalue weighted by molar-refractivity contribution is -0.167. The van der Waals surface area contributed by atoms with E-state index < -0.39 is 6.10 Å². The van der Waals surface area contributed by atoms with E-state index in [1.165, 1.54) is 186 Å². The van der Waals surface area contributed by atoms with E-state index in [1.807, 2.05) is 0 Å². The molecule has 0 saturated heterocycles. The van der Waals surface area contributed by atoms with Gasteiger partial charge in [0.25, 0.3) is 0 Å². The molecular formula is C53H102O6. The first-order valence-corrected chi connectivity index (χ1v) is 26.4. The highest BCUT2D eigenvalue weighted by Crippen LogP contribution is 2.18. The van der Waals surface area contributed by atoms with Crippen LogP contribution in [0, 0.1) is 5.92 Å². The maximum absolute atomic E-state index is 12.7. The summed E-state index contributed by atoms with van der Waals surface area (Å²) in [6.45, 7) is 9.00. The van der Waals surface area contributed by atoms with E-state index in [-0.39, 0.29) is 31.1 Å². The first kappa shape index (κ1) is 57.4. The van der Waals surface area contributed by atoms with Crippen molar-refractivity contribution in [2.24, 2.45) is 5.92 Å². The zero-order valence-electron chi connectivity index (χ0n) is 40.2. The molecule has 0 aliphatic carbocycles. The minimum atomic E-state index is -0.759. The van der Waals surface area contributed by atoms with Crippen molar-refractivity contribution in [3.05, 3.63) is 0 Å². The summed E-state index contributed by atoms with van der Waals surface area (Å²) in [7, 11) is 0. The maximum Gasteiger partial charge on any atom is 0.306 e.